The molecule has 2 aliphatic rings. The number of halogens is 1. The predicted molar refractivity (Wildman–Crippen MR) is 109 cm³/mol. The Balaban J connectivity index is 0.00000300. The summed E-state index contributed by atoms with van der Waals surface area (Å²) in [6, 6.07) is 5.46. The van der Waals surface area contributed by atoms with E-state index in [0.29, 0.717) is 24.3 Å². The van der Waals surface area contributed by atoms with Crippen LogP contribution in [0.2, 0.25) is 0 Å². The first-order chi connectivity index (χ1) is 13.3. The average molecular weight is 444 g/mol. The van der Waals surface area contributed by atoms with E-state index in [1.807, 2.05) is 0 Å². The minimum absolute atomic E-state index is 0. The number of nitro benzene ring substituents is 1. The molecule has 0 aliphatic carbocycles. The molecule has 3 N–H and O–H groups in total. The first-order valence-electron chi connectivity index (χ1n) is 8.82. The molecular weight excluding hydrogens is 422 g/mol. The molecule has 0 bridgehead atoms. The number of amides is 1. The van der Waals surface area contributed by atoms with E-state index >= 15 is 0 Å². The molecule has 29 heavy (non-hydrogen) atoms. The Morgan fingerprint density at radius 3 is 2.66 bits per heavy atom. The van der Waals surface area contributed by atoms with Crippen LogP contribution in [-0.2, 0) is 20.9 Å². The fourth-order valence-corrected chi connectivity index (χ4v) is 4.43. The van der Waals surface area contributed by atoms with E-state index in [1.165, 1.54) is 40.9 Å². The molecule has 1 fully saturated rings. The molecule has 0 saturated carbocycles. The highest BCUT2D eigenvalue weighted by molar-refractivity contribution is 8.03. The molecule has 0 radical (unpaired) electrons. The number of carbonyl (C=O) groups is 2. The van der Waals surface area contributed by atoms with Crippen molar-refractivity contribution in [3.05, 3.63) is 50.5 Å². The molecule has 3 rings (SSSR count). The van der Waals surface area contributed by atoms with Gasteiger partial charge in [0.2, 0.25) is 5.91 Å². The molecule has 1 unspecified atom stereocenters. The summed E-state index contributed by atoms with van der Waals surface area (Å²) < 4.78 is 5.35. The first-order valence-corrected chi connectivity index (χ1v) is 9.81. The highest BCUT2D eigenvalue weighted by Gasteiger charge is 2.56. The zero-order valence-corrected chi connectivity index (χ0v) is 17.3. The van der Waals surface area contributed by atoms with Crippen LogP contribution in [0.15, 0.2) is 34.9 Å². The largest absolute Gasteiger partial charge is 0.456 e. The summed E-state index contributed by atoms with van der Waals surface area (Å²) in [5.74, 6) is -0.834. The van der Waals surface area contributed by atoms with Crippen molar-refractivity contribution in [2.75, 3.05) is 12.3 Å². The third-order valence-corrected chi connectivity index (χ3v) is 5.94. The van der Waals surface area contributed by atoms with Crippen molar-refractivity contribution < 1.29 is 24.4 Å². The summed E-state index contributed by atoms with van der Waals surface area (Å²) in [5.41, 5.74) is 6.32. The first kappa shape index (κ1) is 23.1. The standard InChI is InChI=1S/C18H21N3O6S.ClH/c1-10(22)15-13-8-14(28-7-6-19)16(20(13)17(15)23)18(24)27-9-11-2-4-12(5-3-11)21(25)26;/h2-5,10,13,15,22H,6-9,19H2,1H3;1H/t10-,13-,15?;/m1./s1. The van der Waals surface area contributed by atoms with Crippen molar-refractivity contribution >= 4 is 41.7 Å². The molecule has 0 aromatic heterocycles. The van der Waals surface area contributed by atoms with E-state index < -0.39 is 22.9 Å². The van der Waals surface area contributed by atoms with E-state index in [9.17, 15) is 24.8 Å². The summed E-state index contributed by atoms with van der Waals surface area (Å²) in [6.45, 7) is 1.93. The van der Waals surface area contributed by atoms with Gasteiger partial charge in [0.1, 0.15) is 12.3 Å². The number of hydrogen-bond donors (Lipinski definition) is 2. The van der Waals surface area contributed by atoms with Gasteiger partial charge in [0.15, 0.2) is 0 Å². The fourth-order valence-electron chi connectivity index (χ4n) is 3.46. The number of carbonyl (C=O) groups excluding carboxylic acids is 2. The average Bonchev–Trinajstić information content (AvgIpc) is 2.98. The lowest BCUT2D eigenvalue weighted by Crippen LogP contribution is -2.61. The highest BCUT2D eigenvalue weighted by Crippen LogP contribution is 2.47. The lowest BCUT2D eigenvalue weighted by atomic mass is 9.83. The molecule has 2 heterocycles. The minimum atomic E-state index is -0.787. The van der Waals surface area contributed by atoms with Crippen LogP contribution in [0.1, 0.15) is 18.9 Å². The van der Waals surface area contributed by atoms with Gasteiger partial charge in [-0.3, -0.25) is 14.9 Å². The van der Waals surface area contributed by atoms with E-state index in [0.717, 1.165) is 4.91 Å². The number of aliphatic hydroxyl groups excluding tert-OH is 1. The third-order valence-electron chi connectivity index (χ3n) is 4.79. The van der Waals surface area contributed by atoms with Gasteiger partial charge < -0.3 is 20.5 Å². The molecule has 1 amide bonds. The number of nitrogens with two attached hydrogens (primary N) is 1. The summed E-state index contributed by atoms with van der Waals surface area (Å²) in [5, 5.41) is 20.5. The third kappa shape index (κ3) is 4.55. The number of fused-ring (bicyclic) bond motifs is 1. The number of nitro groups is 1. The van der Waals surface area contributed by atoms with Crippen molar-refractivity contribution in [2.24, 2.45) is 11.7 Å². The van der Waals surface area contributed by atoms with Crippen LogP contribution < -0.4 is 5.73 Å². The minimum Gasteiger partial charge on any atom is -0.456 e. The topological polar surface area (TPSA) is 136 Å². The molecular formula is C18H22ClN3O6S. The Hall–Kier alpha value is -2.14. The summed E-state index contributed by atoms with van der Waals surface area (Å²) in [7, 11) is 0. The quantitative estimate of drug-likeness (QED) is 0.267. The number of ether oxygens (including phenoxy) is 1. The number of nitrogens with zero attached hydrogens (tertiary/aromatic N) is 2. The van der Waals surface area contributed by atoms with Gasteiger partial charge in [-0.1, -0.05) is 0 Å². The summed E-state index contributed by atoms with van der Waals surface area (Å²) in [4.78, 5) is 37.5. The van der Waals surface area contributed by atoms with Crippen molar-refractivity contribution in [1.82, 2.24) is 4.90 Å². The van der Waals surface area contributed by atoms with Crippen LogP contribution in [0.25, 0.3) is 0 Å². The monoisotopic (exact) mass is 443 g/mol. The zero-order valence-electron chi connectivity index (χ0n) is 15.6. The number of thioether (sulfide) groups is 1. The van der Waals surface area contributed by atoms with Crippen LogP contribution >= 0.6 is 24.2 Å². The molecule has 2 aliphatic heterocycles. The Morgan fingerprint density at radius 2 is 2.10 bits per heavy atom. The number of benzene rings is 1. The van der Waals surface area contributed by atoms with E-state index in [4.69, 9.17) is 10.5 Å². The smallest absolute Gasteiger partial charge is 0.356 e. The van der Waals surface area contributed by atoms with Gasteiger partial charge in [0.25, 0.3) is 5.69 Å². The Morgan fingerprint density at radius 1 is 1.45 bits per heavy atom. The van der Waals surface area contributed by atoms with Crippen molar-refractivity contribution in [3.8, 4) is 0 Å². The predicted octanol–water partition coefficient (Wildman–Crippen LogP) is 1.57. The Kier molecular flexibility index (Phi) is 7.64. The van der Waals surface area contributed by atoms with Crippen LogP contribution in [0.5, 0.6) is 0 Å². The fraction of sp³-hybridized carbons (Fsp3) is 0.444. The molecule has 0 spiro atoms. The van der Waals surface area contributed by atoms with E-state index in [-0.39, 0.29) is 42.3 Å². The maximum absolute atomic E-state index is 12.7. The Bertz CT molecular complexity index is 829. The van der Waals surface area contributed by atoms with E-state index in [1.54, 1.807) is 6.92 Å². The molecule has 158 valence electrons. The van der Waals surface area contributed by atoms with Crippen molar-refractivity contribution in [1.29, 1.82) is 0 Å². The van der Waals surface area contributed by atoms with Gasteiger partial charge in [-0.05, 0) is 24.6 Å². The SMILES string of the molecule is C[C@@H](O)C1C(=O)N2C(C(=O)OCc3ccc([N+](=O)[O-])cc3)=C(SCCN)C[C@H]12.Cl. The number of non-ortho nitro benzene ring substituents is 1. The number of hydrogen-bond acceptors (Lipinski definition) is 8. The second-order valence-corrected chi connectivity index (χ2v) is 7.84. The normalized spacial score (nSPS) is 21.2. The van der Waals surface area contributed by atoms with Gasteiger partial charge in [0.05, 0.1) is 23.0 Å². The van der Waals surface area contributed by atoms with Gasteiger partial charge in [-0.25, -0.2) is 4.79 Å². The van der Waals surface area contributed by atoms with E-state index in [2.05, 4.69) is 0 Å². The second kappa shape index (κ2) is 9.57. The van der Waals surface area contributed by atoms with Crippen LogP contribution in [0.4, 0.5) is 5.69 Å². The second-order valence-electron chi connectivity index (χ2n) is 6.65. The molecule has 3 atom stereocenters. The van der Waals surface area contributed by atoms with Crippen LogP contribution in [-0.4, -0.2) is 51.2 Å². The molecule has 1 aromatic rings. The number of β-lactam (4-membered cyclic amide) rings is 1. The lowest BCUT2D eigenvalue weighted by Gasteiger charge is -2.44. The zero-order chi connectivity index (χ0) is 20.4. The summed E-state index contributed by atoms with van der Waals surface area (Å²) >= 11 is 1.41. The maximum atomic E-state index is 12.7. The molecule has 11 heteroatoms. The lowest BCUT2D eigenvalue weighted by molar-refractivity contribution is -0.384. The number of esters is 1. The maximum Gasteiger partial charge on any atom is 0.356 e. The van der Waals surface area contributed by atoms with Crippen LogP contribution in [0.3, 0.4) is 0 Å². The molecule has 9 nitrogen and oxygen atoms in total. The van der Waals surface area contributed by atoms with Gasteiger partial charge in [0, 0.05) is 35.8 Å². The summed E-state index contributed by atoms with van der Waals surface area (Å²) in [6.07, 6.45) is -0.293. The van der Waals surface area contributed by atoms with Crippen LogP contribution in [0, 0.1) is 16.0 Å². The number of aliphatic hydroxyl groups is 1. The Labute approximate surface area is 177 Å². The van der Waals surface area contributed by atoms with Gasteiger partial charge >= 0.3 is 5.97 Å². The number of rotatable bonds is 8. The van der Waals surface area contributed by atoms with Crippen molar-refractivity contribution in [2.45, 2.75) is 32.1 Å². The van der Waals surface area contributed by atoms with Gasteiger partial charge in [-0.2, -0.15) is 0 Å². The molecule has 1 saturated heterocycles. The highest BCUT2D eigenvalue weighted by atomic mass is 35.5. The van der Waals surface area contributed by atoms with Crippen molar-refractivity contribution in [3.63, 3.8) is 0 Å². The van der Waals surface area contributed by atoms with Gasteiger partial charge in [-0.15, -0.1) is 24.2 Å². The molecule has 1 aromatic carbocycles.